The van der Waals surface area contributed by atoms with Crippen molar-refractivity contribution >= 4 is 0 Å². The summed E-state index contributed by atoms with van der Waals surface area (Å²) in [5.74, 6) is 0. The monoisotopic (exact) mass is 197 g/mol. The van der Waals surface area contributed by atoms with E-state index in [0.717, 1.165) is 6.04 Å². The van der Waals surface area contributed by atoms with Gasteiger partial charge in [-0.25, -0.2) is 0 Å². The van der Waals surface area contributed by atoms with Crippen LogP contribution in [0.2, 0.25) is 0 Å². The second-order valence-corrected chi connectivity index (χ2v) is 4.83. The molecule has 1 aliphatic rings. The van der Waals surface area contributed by atoms with Crippen LogP contribution in [0.4, 0.5) is 0 Å². The molecule has 0 bridgehead atoms. The Morgan fingerprint density at radius 2 is 1.79 bits per heavy atom. The summed E-state index contributed by atoms with van der Waals surface area (Å²) in [5.41, 5.74) is 0. The zero-order valence-corrected chi connectivity index (χ0v) is 10.1. The van der Waals surface area contributed by atoms with Gasteiger partial charge in [0.15, 0.2) is 0 Å². The minimum absolute atomic E-state index is 0.918. The predicted molar refractivity (Wildman–Crippen MR) is 63.6 cm³/mol. The van der Waals surface area contributed by atoms with Crippen LogP contribution in [0.1, 0.15) is 64.7 Å². The first-order valence-electron chi connectivity index (χ1n) is 6.55. The highest BCUT2D eigenvalue weighted by Crippen LogP contribution is 2.20. The molecule has 0 aromatic carbocycles. The van der Waals surface area contributed by atoms with E-state index >= 15 is 0 Å². The van der Waals surface area contributed by atoms with Crippen molar-refractivity contribution in [3.8, 4) is 0 Å². The van der Waals surface area contributed by atoms with Gasteiger partial charge >= 0.3 is 0 Å². The van der Waals surface area contributed by atoms with E-state index < -0.39 is 0 Å². The molecule has 0 N–H and O–H groups in total. The van der Waals surface area contributed by atoms with Gasteiger partial charge in [0.05, 0.1) is 0 Å². The van der Waals surface area contributed by atoms with Crippen LogP contribution in [-0.2, 0) is 0 Å². The van der Waals surface area contributed by atoms with Gasteiger partial charge in [0.1, 0.15) is 0 Å². The summed E-state index contributed by atoms with van der Waals surface area (Å²) >= 11 is 0. The first kappa shape index (κ1) is 12.0. The molecular weight excluding hydrogens is 170 g/mol. The molecule has 1 unspecified atom stereocenters. The Morgan fingerprint density at radius 1 is 1.07 bits per heavy atom. The van der Waals surface area contributed by atoms with Crippen LogP contribution in [-0.4, -0.2) is 24.5 Å². The second-order valence-electron chi connectivity index (χ2n) is 4.83. The van der Waals surface area contributed by atoms with E-state index in [4.69, 9.17) is 0 Å². The predicted octanol–water partition coefficient (Wildman–Crippen LogP) is 3.83. The van der Waals surface area contributed by atoms with Gasteiger partial charge in [0, 0.05) is 6.04 Å². The van der Waals surface area contributed by atoms with Gasteiger partial charge in [-0.15, -0.1) is 0 Å². The minimum atomic E-state index is 0.918. The van der Waals surface area contributed by atoms with E-state index in [2.05, 4.69) is 18.9 Å². The SMILES string of the molecule is CCCCCCCCC1CCCN1C. The highest BCUT2D eigenvalue weighted by molar-refractivity contribution is 4.75. The summed E-state index contributed by atoms with van der Waals surface area (Å²) in [6, 6.07) is 0.918. The van der Waals surface area contributed by atoms with Crippen molar-refractivity contribution in [1.29, 1.82) is 0 Å². The fourth-order valence-electron chi connectivity index (χ4n) is 2.50. The average molecular weight is 197 g/mol. The topological polar surface area (TPSA) is 3.24 Å². The van der Waals surface area contributed by atoms with Gasteiger partial charge in [0.25, 0.3) is 0 Å². The van der Waals surface area contributed by atoms with Gasteiger partial charge < -0.3 is 4.90 Å². The largest absolute Gasteiger partial charge is 0.303 e. The standard InChI is InChI=1S/C13H27N/c1-3-4-5-6-7-8-10-13-11-9-12-14(13)2/h13H,3-12H2,1-2H3. The number of hydrogen-bond acceptors (Lipinski definition) is 1. The maximum absolute atomic E-state index is 2.55. The molecule has 0 amide bonds. The Bertz CT molecular complexity index is 133. The quantitative estimate of drug-likeness (QED) is 0.561. The van der Waals surface area contributed by atoms with Crippen LogP contribution < -0.4 is 0 Å². The van der Waals surface area contributed by atoms with Crippen LogP contribution in [0.3, 0.4) is 0 Å². The smallest absolute Gasteiger partial charge is 0.00926 e. The lowest BCUT2D eigenvalue weighted by atomic mass is 10.0. The first-order valence-corrected chi connectivity index (χ1v) is 6.55. The molecule has 1 aliphatic heterocycles. The molecular formula is C13H27N. The lowest BCUT2D eigenvalue weighted by Gasteiger charge is -2.18. The van der Waals surface area contributed by atoms with E-state index in [1.165, 1.54) is 64.3 Å². The number of likely N-dealkylation sites (tertiary alicyclic amines) is 1. The molecule has 0 radical (unpaired) electrons. The Kier molecular flexibility index (Phi) is 6.25. The van der Waals surface area contributed by atoms with Gasteiger partial charge in [-0.2, -0.15) is 0 Å². The van der Waals surface area contributed by atoms with E-state index in [1.807, 2.05) is 0 Å². The zero-order chi connectivity index (χ0) is 10.2. The van der Waals surface area contributed by atoms with Crippen LogP contribution in [0.5, 0.6) is 0 Å². The van der Waals surface area contributed by atoms with Crippen molar-refractivity contribution in [2.24, 2.45) is 0 Å². The molecule has 1 atom stereocenters. The maximum atomic E-state index is 2.55. The third-order valence-corrected chi connectivity index (χ3v) is 3.56. The second kappa shape index (κ2) is 7.28. The van der Waals surface area contributed by atoms with Crippen LogP contribution in [0.25, 0.3) is 0 Å². The Morgan fingerprint density at radius 3 is 2.43 bits per heavy atom. The van der Waals surface area contributed by atoms with Gasteiger partial charge in [0.2, 0.25) is 0 Å². The van der Waals surface area contributed by atoms with Crippen LogP contribution >= 0.6 is 0 Å². The number of rotatable bonds is 7. The van der Waals surface area contributed by atoms with Crippen molar-refractivity contribution in [3.05, 3.63) is 0 Å². The van der Waals surface area contributed by atoms with Crippen molar-refractivity contribution in [1.82, 2.24) is 4.90 Å². The fraction of sp³-hybridized carbons (Fsp3) is 1.00. The molecule has 1 heterocycles. The molecule has 1 nitrogen and oxygen atoms in total. The van der Waals surface area contributed by atoms with E-state index in [0.29, 0.717) is 0 Å². The van der Waals surface area contributed by atoms with Gasteiger partial charge in [-0.05, 0) is 32.9 Å². The summed E-state index contributed by atoms with van der Waals surface area (Å²) in [6.07, 6.45) is 13.0. The molecule has 1 heteroatoms. The fourth-order valence-corrected chi connectivity index (χ4v) is 2.50. The molecule has 1 rings (SSSR count). The lowest BCUT2D eigenvalue weighted by molar-refractivity contribution is 0.289. The van der Waals surface area contributed by atoms with Crippen LogP contribution in [0, 0.1) is 0 Å². The summed E-state index contributed by atoms with van der Waals surface area (Å²) in [4.78, 5) is 2.55. The molecule has 84 valence electrons. The molecule has 0 aromatic heterocycles. The zero-order valence-electron chi connectivity index (χ0n) is 10.1. The summed E-state index contributed by atoms with van der Waals surface area (Å²) in [6.45, 7) is 3.62. The summed E-state index contributed by atoms with van der Waals surface area (Å²) < 4.78 is 0. The molecule has 0 spiro atoms. The Labute approximate surface area is 89.9 Å². The molecule has 14 heavy (non-hydrogen) atoms. The van der Waals surface area contributed by atoms with E-state index in [9.17, 15) is 0 Å². The molecule has 0 aliphatic carbocycles. The third kappa shape index (κ3) is 4.45. The number of nitrogens with zero attached hydrogens (tertiary/aromatic N) is 1. The Balaban J connectivity index is 1.88. The molecule has 0 aromatic rings. The number of unbranched alkanes of at least 4 members (excludes halogenated alkanes) is 5. The summed E-state index contributed by atoms with van der Waals surface area (Å²) in [5, 5.41) is 0. The average Bonchev–Trinajstić information content (AvgIpc) is 2.58. The van der Waals surface area contributed by atoms with Gasteiger partial charge in [-0.3, -0.25) is 0 Å². The number of hydrogen-bond donors (Lipinski definition) is 0. The normalized spacial score (nSPS) is 23.1. The summed E-state index contributed by atoms with van der Waals surface area (Å²) in [7, 11) is 2.29. The minimum Gasteiger partial charge on any atom is -0.303 e. The lowest BCUT2D eigenvalue weighted by Crippen LogP contribution is -2.24. The van der Waals surface area contributed by atoms with Crippen molar-refractivity contribution in [2.45, 2.75) is 70.8 Å². The van der Waals surface area contributed by atoms with E-state index in [1.54, 1.807) is 0 Å². The third-order valence-electron chi connectivity index (χ3n) is 3.56. The van der Waals surface area contributed by atoms with E-state index in [-0.39, 0.29) is 0 Å². The molecule has 1 fully saturated rings. The molecule has 0 saturated carbocycles. The first-order chi connectivity index (χ1) is 6.84. The highest BCUT2D eigenvalue weighted by atomic mass is 15.1. The molecule has 1 saturated heterocycles. The van der Waals surface area contributed by atoms with Crippen LogP contribution in [0.15, 0.2) is 0 Å². The highest BCUT2D eigenvalue weighted by Gasteiger charge is 2.19. The van der Waals surface area contributed by atoms with Crippen molar-refractivity contribution in [2.75, 3.05) is 13.6 Å². The van der Waals surface area contributed by atoms with Crippen molar-refractivity contribution in [3.63, 3.8) is 0 Å². The Hall–Kier alpha value is -0.0400. The maximum Gasteiger partial charge on any atom is 0.00926 e. The van der Waals surface area contributed by atoms with Crippen molar-refractivity contribution < 1.29 is 0 Å². The van der Waals surface area contributed by atoms with Gasteiger partial charge in [-0.1, -0.05) is 45.4 Å².